The summed E-state index contributed by atoms with van der Waals surface area (Å²) in [7, 11) is 0. The summed E-state index contributed by atoms with van der Waals surface area (Å²) < 4.78 is 11.9. The maximum atomic E-state index is 12.7. The largest absolute Gasteiger partial charge is 0.459 e. The van der Waals surface area contributed by atoms with Crippen molar-refractivity contribution in [2.75, 3.05) is 5.32 Å². The van der Waals surface area contributed by atoms with Crippen LogP contribution in [0.5, 0.6) is 0 Å². The van der Waals surface area contributed by atoms with Gasteiger partial charge in [0.25, 0.3) is 5.91 Å². The molecule has 0 unspecified atom stereocenters. The molecule has 1 amide bonds. The minimum Gasteiger partial charge on any atom is -0.459 e. The van der Waals surface area contributed by atoms with Crippen molar-refractivity contribution in [1.29, 1.82) is 0 Å². The van der Waals surface area contributed by atoms with E-state index >= 15 is 0 Å². The Labute approximate surface area is 170 Å². The van der Waals surface area contributed by atoms with Crippen molar-refractivity contribution in [1.82, 2.24) is 4.98 Å². The molecular weight excluding hydrogens is 368 g/mol. The SMILES string of the molecule is O=C(Nc1cccnc1)C1=C[C@@H](C2CCC2)C[C@@H](OCc2ccc(CO)cc2)O1. The second kappa shape index (κ2) is 9.20. The highest BCUT2D eigenvalue weighted by Crippen LogP contribution is 2.40. The van der Waals surface area contributed by atoms with Gasteiger partial charge in [-0.15, -0.1) is 0 Å². The van der Waals surface area contributed by atoms with Crippen molar-refractivity contribution in [3.8, 4) is 0 Å². The number of anilines is 1. The molecular formula is C23H26N2O4. The van der Waals surface area contributed by atoms with Gasteiger partial charge in [-0.3, -0.25) is 9.78 Å². The van der Waals surface area contributed by atoms with E-state index < -0.39 is 6.29 Å². The topological polar surface area (TPSA) is 80.7 Å². The van der Waals surface area contributed by atoms with E-state index in [9.17, 15) is 4.79 Å². The molecule has 2 N–H and O–H groups in total. The van der Waals surface area contributed by atoms with Gasteiger partial charge in [-0.1, -0.05) is 30.7 Å². The summed E-state index contributed by atoms with van der Waals surface area (Å²) >= 11 is 0. The van der Waals surface area contributed by atoms with Gasteiger partial charge in [-0.05, 0) is 54.0 Å². The average molecular weight is 394 g/mol. The summed E-state index contributed by atoms with van der Waals surface area (Å²) in [5.41, 5.74) is 2.50. The molecule has 1 aliphatic carbocycles. The second-order valence-electron chi connectivity index (χ2n) is 7.65. The number of hydrogen-bond donors (Lipinski definition) is 2. The number of amides is 1. The molecule has 2 heterocycles. The van der Waals surface area contributed by atoms with Crippen LogP contribution in [-0.2, 0) is 27.5 Å². The van der Waals surface area contributed by atoms with Crippen LogP contribution in [-0.4, -0.2) is 22.3 Å². The number of nitrogens with one attached hydrogen (secondary N) is 1. The van der Waals surface area contributed by atoms with E-state index in [0.29, 0.717) is 24.0 Å². The predicted molar refractivity (Wildman–Crippen MR) is 108 cm³/mol. The number of pyridine rings is 1. The Morgan fingerprint density at radius 3 is 2.66 bits per heavy atom. The minimum absolute atomic E-state index is 0.0240. The molecule has 0 bridgehead atoms. The molecule has 4 rings (SSSR count). The Balaban J connectivity index is 1.41. The van der Waals surface area contributed by atoms with Crippen molar-refractivity contribution in [2.24, 2.45) is 11.8 Å². The first-order valence-electron chi connectivity index (χ1n) is 10.1. The predicted octanol–water partition coefficient (Wildman–Crippen LogP) is 3.78. The maximum Gasteiger partial charge on any atom is 0.290 e. The van der Waals surface area contributed by atoms with Gasteiger partial charge in [0, 0.05) is 12.6 Å². The Morgan fingerprint density at radius 2 is 2.00 bits per heavy atom. The highest BCUT2D eigenvalue weighted by molar-refractivity contribution is 6.02. The molecule has 29 heavy (non-hydrogen) atoms. The van der Waals surface area contributed by atoms with Crippen LogP contribution >= 0.6 is 0 Å². The third-order valence-corrected chi connectivity index (χ3v) is 5.63. The second-order valence-corrected chi connectivity index (χ2v) is 7.65. The van der Waals surface area contributed by atoms with E-state index in [1.54, 1.807) is 24.5 Å². The zero-order chi connectivity index (χ0) is 20.1. The number of aliphatic hydroxyl groups excluding tert-OH is 1. The van der Waals surface area contributed by atoms with Gasteiger partial charge in [0.05, 0.1) is 25.1 Å². The van der Waals surface area contributed by atoms with Gasteiger partial charge in [-0.2, -0.15) is 0 Å². The van der Waals surface area contributed by atoms with Crippen LogP contribution in [0.25, 0.3) is 0 Å². The summed E-state index contributed by atoms with van der Waals surface area (Å²) in [6, 6.07) is 11.2. The summed E-state index contributed by atoms with van der Waals surface area (Å²) in [5.74, 6) is 0.921. The number of aromatic nitrogens is 1. The van der Waals surface area contributed by atoms with Crippen molar-refractivity contribution in [3.63, 3.8) is 0 Å². The third kappa shape index (κ3) is 5.02. The van der Waals surface area contributed by atoms with Crippen molar-refractivity contribution in [2.45, 2.75) is 45.2 Å². The number of hydrogen-bond acceptors (Lipinski definition) is 5. The van der Waals surface area contributed by atoms with Crippen LogP contribution in [0.4, 0.5) is 5.69 Å². The van der Waals surface area contributed by atoms with Crippen LogP contribution in [0.3, 0.4) is 0 Å². The van der Waals surface area contributed by atoms with Gasteiger partial charge in [0.1, 0.15) is 0 Å². The Hall–Kier alpha value is -2.70. The zero-order valence-electron chi connectivity index (χ0n) is 16.3. The molecule has 2 aromatic rings. The van der Waals surface area contributed by atoms with E-state index in [0.717, 1.165) is 17.5 Å². The van der Waals surface area contributed by atoms with E-state index in [4.69, 9.17) is 14.6 Å². The standard InChI is InChI=1S/C23H26N2O4/c26-14-16-6-8-17(9-7-16)15-28-22-12-19(18-3-1-4-18)11-21(29-22)23(27)25-20-5-2-10-24-13-20/h2,5-11,13,18-19,22,26H,1,3-4,12,14-15H2,(H,25,27)/t19-,22+/m1/s1. The summed E-state index contributed by atoms with van der Waals surface area (Å²) in [5, 5.41) is 12.0. The zero-order valence-corrected chi connectivity index (χ0v) is 16.3. The molecule has 6 nitrogen and oxygen atoms in total. The summed E-state index contributed by atoms with van der Waals surface area (Å²) in [6.07, 6.45) is 9.15. The van der Waals surface area contributed by atoms with Crippen LogP contribution in [0, 0.1) is 11.8 Å². The van der Waals surface area contributed by atoms with E-state index in [1.807, 2.05) is 30.3 Å². The Bertz CT molecular complexity index is 847. The van der Waals surface area contributed by atoms with Gasteiger partial charge >= 0.3 is 0 Å². The van der Waals surface area contributed by atoms with E-state index in [1.165, 1.54) is 19.3 Å². The number of benzene rings is 1. The molecule has 152 valence electrons. The lowest BCUT2D eigenvalue weighted by Gasteiger charge is -2.37. The lowest BCUT2D eigenvalue weighted by atomic mass is 9.73. The van der Waals surface area contributed by atoms with Gasteiger partial charge in [0.15, 0.2) is 5.76 Å². The molecule has 1 aromatic carbocycles. The fraction of sp³-hybridized carbons (Fsp3) is 0.391. The smallest absolute Gasteiger partial charge is 0.290 e. The molecule has 1 aromatic heterocycles. The molecule has 0 saturated heterocycles. The van der Waals surface area contributed by atoms with Gasteiger partial charge in [0.2, 0.25) is 6.29 Å². The van der Waals surface area contributed by atoms with Crippen LogP contribution in [0.2, 0.25) is 0 Å². The molecule has 0 radical (unpaired) electrons. The first kappa shape index (κ1) is 19.6. The molecule has 2 aliphatic rings. The fourth-order valence-electron chi connectivity index (χ4n) is 3.70. The highest BCUT2D eigenvalue weighted by Gasteiger charge is 2.34. The van der Waals surface area contributed by atoms with Crippen molar-refractivity contribution in [3.05, 3.63) is 71.8 Å². The number of carbonyl (C=O) groups excluding carboxylic acids is 1. The summed E-state index contributed by atoms with van der Waals surface area (Å²) in [6.45, 7) is 0.418. The molecule has 6 heteroatoms. The van der Waals surface area contributed by atoms with E-state index in [2.05, 4.69) is 10.3 Å². The maximum absolute atomic E-state index is 12.7. The quantitative estimate of drug-likeness (QED) is 0.747. The van der Waals surface area contributed by atoms with Crippen LogP contribution in [0.1, 0.15) is 36.8 Å². The molecule has 1 saturated carbocycles. The molecule has 0 spiro atoms. The number of aliphatic hydroxyl groups is 1. The van der Waals surface area contributed by atoms with E-state index in [-0.39, 0.29) is 18.4 Å². The summed E-state index contributed by atoms with van der Waals surface area (Å²) in [4.78, 5) is 16.7. The van der Waals surface area contributed by atoms with Gasteiger partial charge in [-0.25, -0.2) is 0 Å². The molecule has 1 aliphatic heterocycles. The number of nitrogens with zero attached hydrogens (tertiary/aromatic N) is 1. The Morgan fingerprint density at radius 1 is 1.21 bits per heavy atom. The van der Waals surface area contributed by atoms with Crippen molar-refractivity contribution < 1.29 is 19.4 Å². The number of rotatable bonds is 7. The number of allylic oxidation sites excluding steroid dienone is 1. The Kier molecular flexibility index (Phi) is 6.22. The van der Waals surface area contributed by atoms with Gasteiger partial charge < -0.3 is 19.9 Å². The lowest BCUT2D eigenvalue weighted by molar-refractivity contribution is -0.154. The number of carbonyl (C=O) groups is 1. The van der Waals surface area contributed by atoms with Crippen molar-refractivity contribution >= 4 is 11.6 Å². The lowest BCUT2D eigenvalue weighted by Crippen LogP contribution is -2.34. The number of ether oxygens (including phenoxy) is 2. The van der Waals surface area contributed by atoms with Crippen LogP contribution < -0.4 is 5.32 Å². The minimum atomic E-state index is -0.460. The molecule has 1 fully saturated rings. The third-order valence-electron chi connectivity index (χ3n) is 5.63. The normalized spacial score (nSPS) is 21.6. The monoisotopic (exact) mass is 394 g/mol. The highest BCUT2D eigenvalue weighted by atomic mass is 16.7. The van der Waals surface area contributed by atoms with Crippen LogP contribution in [0.15, 0.2) is 60.6 Å². The average Bonchev–Trinajstić information content (AvgIpc) is 2.72. The first-order valence-corrected chi connectivity index (χ1v) is 10.1. The fourth-order valence-corrected chi connectivity index (χ4v) is 3.70. The molecule has 2 atom stereocenters. The first-order chi connectivity index (χ1) is 14.2.